The van der Waals surface area contributed by atoms with E-state index in [0.29, 0.717) is 29.1 Å². The predicted octanol–water partition coefficient (Wildman–Crippen LogP) is 5.16. The number of benzene rings is 2. The van der Waals surface area contributed by atoms with Crippen molar-refractivity contribution in [3.63, 3.8) is 0 Å². The Morgan fingerprint density at radius 3 is 2.44 bits per heavy atom. The van der Waals surface area contributed by atoms with Crippen molar-refractivity contribution in [3.8, 4) is 5.75 Å². The van der Waals surface area contributed by atoms with Gasteiger partial charge in [-0.3, -0.25) is 4.57 Å². The first kappa shape index (κ1) is 22.1. The van der Waals surface area contributed by atoms with Crippen molar-refractivity contribution in [1.82, 2.24) is 24.8 Å². The summed E-state index contributed by atoms with van der Waals surface area (Å²) in [5.74, 6) is 1.50. The molecule has 0 bridgehead atoms. The number of nitrogens with one attached hydrogen (secondary N) is 3. The van der Waals surface area contributed by atoms with E-state index in [1.165, 1.54) is 6.07 Å². The number of hydrogen-bond donors (Lipinski definition) is 3. The largest absolute Gasteiger partial charge is 0.497 e. The predicted molar refractivity (Wildman–Crippen MR) is 132 cm³/mol. The monoisotopic (exact) mass is 461 g/mol. The summed E-state index contributed by atoms with van der Waals surface area (Å²) in [6.45, 7) is 0. The number of methoxy groups -OCH3 is 1. The number of nitrogens with zero attached hydrogens (tertiary/aromatic N) is 4. The van der Waals surface area contributed by atoms with E-state index >= 15 is 0 Å². The van der Waals surface area contributed by atoms with Crippen LogP contribution >= 0.6 is 0 Å². The van der Waals surface area contributed by atoms with Crippen LogP contribution in [0.25, 0.3) is 11.2 Å². The van der Waals surface area contributed by atoms with Crippen LogP contribution in [0.2, 0.25) is 0 Å². The number of para-hydroxylation sites is 1. The molecule has 0 saturated heterocycles. The van der Waals surface area contributed by atoms with Gasteiger partial charge >= 0.3 is 0 Å². The van der Waals surface area contributed by atoms with Gasteiger partial charge in [-0.25, -0.2) is 14.4 Å². The number of hydrogen-bond acceptors (Lipinski definition) is 7. The van der Waals surface area contributed by atoms with Crippen molar-refractivity contribution in [3.05, 3.63) is 60.5 Å². The minimum atomic E-state index is -0.326. The first-order valence-corrected chi connectivity index (χ1v) is 11.5. The van der Waals surface area contributed by atoms with E-state index < -0.39 is 0 Å². The van der Waals surface area contributed by atoms with Crippen molar-refractivity contribution >= 4 is 34.4 Å². The fourth-order valence-electron chi connectivity index (χ4n) is 4.49. The molecule has 9 heteroatoms. The van der Waals surface area contributed by atoms with Crippen LogP contribution < -0.4 is 20.7 Å². The Bertz CT molecular complexity index is 1270. The number of imidazole rings is 1. The molecule has 3 N–H and O–H groups in total. The summed E-state index contributed by atoms with van der Waals surface area (Å²) in [5.41, 5.74) is 2.62. The normalized spacial score (nSPS) is 18.1. The quantitative estimate of drug-likeness (QED) is 0.350. The molecule has 2 aromatic carbocycles. The molecular weight excluding hydrogens is 433 g/mol. The zero-order valence-electron chi connectivity index (χ0n) is 19.3. The minimum absolute atomic E-state index is 0.201. The van der Waals surface area contributed by atoms with E-state index in [1.807, 2.05) is 31.3 Å². The van der Waals surface area contributed by atoms with Gasteiger partial charge < -0.3 is 20.7 Å². The van der Waals surface area contributed by atoms with Crippen molar-refractivity contribution < 1.29 is 9.13 Å². The van der Waals surface area contributed by atoms with Crippen molar-refractivity contribution in [2.75, 3.05) is 24.8 Å². The Hall–Kier alpha value is -3.72. The Labute approximate surface area is 197 Å². The van der Waals surface area contributed by atoms with E-state index in [1.54, 1.807) is 31.5 Å². The summed E-state index contributed by atoms with van der Waals surface area (Å²) in [5, 5.41) is 9.82. The molecule has 34 heavy (non-hydrogen) atoms. The molecule has 0 atom stereocenters. The lowest BCUT2D eigenvalue weighted by Crippen LogP contribution is -2.31. The maximum atomic E-state index is 14.4. The average Bonchev–Trinajstić information content (AvgIpc) is 3.23. The highest BCUT2D eigenvalue weighted by Gasteiger charge is 2.26. The van der Waals surface area contributed by atoms with Crippen LogP contribution in [0.3, 0.4) is 0 Å². The zero-order chi connectivity index (χ0) is 23.5. The average molecular weight is 462 g/mol. The van der Waals surface area contributed by atoms with Gasteiger partial charge in [-0.2, -0.15) is 4.98 Å². The molecule has 2 aromatic heterocycles. The first-order chi connectivity index (χ1) is 16.6. The standard InChI is InChI=1S/C25H28FN7O/c1-27-16-7-11-18(12-8-16)33-23-22(31-25(33)30-21-6-4-3-5-20(21)26)15-28-24(32-23)29-17-9-13-19(34-2)14-10-17/h3-6,9-10,13-16,18,27H,7-8,11-12H2,1-2H3,(H,30,31)(H,28,29,32). The molecule has 176 valence electrons. The van der Waals surface area contributed by atoms with E-state index in [0.717, 1.165) is 42.8 Å². The molecule has 8 nitrogen and oxygen atoms in total. The summed E-state index contributed by atoms with van der Waals surface area (Å²) in [6, 6.07) is 14.9. The Kier molecular flexibility index (Phi) is 6.27. The highest BCUT2D eigenvalue weighted by Crippen LogP contribution is 2.35. The van der Waals surface area contributed by atoms with Crippen molar-refractivity contribution in [2.24, 2.45) is 0 Å². The molecule has 1 fully saturated rings. The van der Waals surface area contributed by atoms with Gasteiger partial charge in [0.15, 0.2) is 5.65 Å². The molecule has 2 heterocycles. The minimum Gasteiger partial charge on any atom is -0.497 e. The SMILES string of the molecule is CNC1CCC(n2c(Nc3ccccc3F)nc3cnc(Nc4ccc(OC)cc4)nc32)CC1. The third-order valence-electron chi connectivity index (χ3n) is 6.37. The second-order valence-electron chi connectivity index (χ2n) is 8.46. The highest BCUT2D eigenvalue weighted by atomic mass is 19.1. The van der Waals surface area contributed by atoms with Crippen molar-refractivity contribution in [2.45, 2.75) is 37.8 Å². The lowest BCUT2D eigenvalue weighted by atomic mass is 9.91. The van der Waals surface area contributed by atoms with Crippen LogP contribution in [0.4, 0.5) is 27.7 Å². The second-order valence-corrected chi connectivity index (χ2v) is 8.46. The van der Waals surface area contributed by atoms with Gasteiger partial charge in [-0.15, -0.1) is 0 Å². The van der Waals surface area contributed by atoms with E-state index in [9.17, 15) is 4.39 Å². The Morgan fingerprint density at radius 2 is 1.74 bits per heavy atom. The van der Waals surface area contributed by atoms with Crippen LogP contribution in [-0.4, -0.2) is 39.7 Å². The maximum Gasteiger partial charge on any atom is 0.229 e. The van der Waals surface area contributed by atoms with Gasteiger partial charge in [0.25, 0.3) is 0 Å². The lowest BCUT2D eigenvalue weighted by molar-refractivity contribution is 0.306. The van der Waals surface area contributed by atoms with Gasteiger partial charge in [0.2, 0.25) is 11.9 Å². The topological polar surface area (TPSA) is 88.9 Å². The summed E-state index contributed by atoms with van der Waals surface area (Å²) in [6.07, 6.45) is 5.78. The van der Waals surface area contributed by atoms with Gasteiger partial charge in [-0.1, -0.05) is 12.1 Å². The van der Waals surface area contributed by atoms with Crippen LogP contribution in [0, 0.1) is 5.82 Å². The van der Waals surface area contributed by atoms with E-state index in [-0.39, 0.29) is 11.9 Å². The number of anilines is 4. The third-order valence-corrected chi connectivity index (χ3v) is 6.37. The molecule has 0 radical (unpaired) electrons. The molecule has 5 rings (SSSR count). The summed E-state index contributed by atoms with van der Waals surface area (Å²) in [4.78, 5) is 14.0. The molecular formula is C25H28FN7O. The zero-order valence-corrected chi connectivity index (χ0v) is 19.3. The van der Waals surface area contributed by atoms with Gasteiger partial charge in [-0.05, 0) is 69.1 Å². The van der Waals surface area contributed by atoms with Gasteiger partial charge in [0.1, 0.15) is 17.1 Å². The molecule has 0 amide bonds. The van der Waals surface area contributed by atoms with Gasteiger partial charge in [0.05, 0.1) is 19.0 Å². The highest BCUT2D eigenvalue weighted by molar-refractivity contribution is 5.77. The van der Waals surface area contributed by atoms with Crippen molar-refractivity contribution in [1.29, 1.82) is 0 Å². The number of rotatable bonds is 7. The number of halogens is 1. The number of fused-ring (bicyclic) bond motifs is 1. The molecule has 0 aliphatic heterocycles. The van der Waals surface area contributed by atoms with Crippen LogP contribution in [0.1, 0.15) is 31.7 Å². The lowest BCUT2D eigenvalue weighted by Gasteiger charge is -2.30. The van der Waals surface area contributed by atoms with Crippen LogP contribution in [-0.2, 0) is 0 Å². The molecule has 4 aromatic rings. The number of aromatic nitrogens is 4. The maximum absolute atomic E-state index is 14.4. The molecule has 1 aliphatic rings. The Morgan fingerprint density at radius 1 is 0.971 bits per heavy atom. The molecule has 0 unspecified atom stereocenters. The molecule has 1 saturated carbocycles. The van der Waals surface area contributed by atoms with Crippen LogP contribution in [0.15, 0.2) is 54.7 Å². The third kappa shape index (κ3) is 4.51. The smallest absolute Gasteiger partial charge is 0.229 e. The fraction of sp³-hybridized carbons (Fsp3) is 0.320. The Balaban J connectivity index is 1.51. The summed E-state index contributed by atoms with van der Waals surface area (Å²) >= 11 is 0. The molecule has 0 spiro atoms. The summed E-state index contributed by atoms with van der Waals surface area (Å²) < 4.78 is 21.7. The van der Waals surface area contributed by atoms with Crippen LogP contribution in [0.5, 0.6) is 5.75 Å². The summed E-state index contributed by atoms with van der Waals surface area (Å²) in [7, 11) is 3.64. The van der Waals surface area contributed by atoms with E-state index in [4.69, 9.17) is 14.7 Å². The second kappa shape index (κ2) is 9.64. The first-order valence-electron chi connectivity index (χ1n) is 11.5. The van der Waals surface area contributed by atoms with E-state index in [2.05, 4.69) is 25.5 Å². The van der Waals surface area contributed by atoms with Gasteiger partial charge in [0, 0.05) is 17.8 Å². The number of ether oxygens (including phenoxy) is 1. The fourth-order valence-corrected chi connectivity index (χ4v) is 4.49. The molecule has 1 aliphatic carbocycles.